The predicted octanol–water partition coefficient (Wildman–Crippen LogP) is 4.24. The van der Waals surface area contributed by atoms with E-state index in [0.717, 1.165) is 28.6 Å². The van der Waals surface area contributed by atoms with Gasteiger partial charge in [-0.15, -0.1) is 0 Å². The molecule has 126 valence electrons. The van der Waals surface area contributed by atoms with E-state index in [9.17, 15) is 10.1 Å². The monoisotopic (exact) mass is 390 g/mol. The first-order valence-corrected chi connectivity index (χ1v) is 8.79. The van der Waals surface area contributed by atoms with Gasteiger partial charge in [-0.3, -0.25) is 15.0 Å². The smallest absolute Gasteiger partial charge is 0.239 e. The Morgan fingerprint density at radius 1 is 1.21 bits per heavy atom. The number of nitrogens with zero attached hydrogens (tertiary/aromatic N) is 2. The molecule has 1 unspecified atom stereocenters. The largest absolute Gasteiger partial charge is 0.273 e. The van der Waals surface area contributed by atoms with E-state index in [1.54, 1.807) is 5.06 Å². The average Bonchev–Trinajstić information content (AvgIpc) is 2.61. The van der Waals surface area contributed by atoms with E-state index in [0.29, 0.717) is 13.0 Å². The average molecular weight is 391 g/mol. The Morgan fingerprint density at radius 2 is 1.92 bits per heavy atom. The second kappa shape index (κ2) is 7.77. The molecule has 24 heavy (non-hydrogen) atoms. The van der Waals surface area contributed by atoms with Crippen molar-refractivity contribution >= 4 is 21.6 Å². The van der Waals surface area contributed by atoms with E-state index in [-0.39, 0.29) is 11.0 Å². The van der Waals surface area contributed by atoms with Gasteiger partial charge in [-0.05, 0) is 42.7 Å². The molecule has 0 amide bonds. The second-order valence-electron chi connectivity index (χ2n) is 5.89. The van der Waals surface area contributed by atoms with E-state index in [1.165, 1.54) is 0 Å². The van der Waals surface area contributed by atoms with Gasteiger partial charge in [-0.25, -0.2) is 5.06 Å². The molecular weight excluding hydrogens is 372 g/mol. The summed E-state index contributed by atoms with van der Waals surface area (Å²) in [7, 11) is 0. The van der Waals surface area contributed by atoms with Gasteiger partial charge in [0.15, 0.2) is 0 Å². The van der Waals surface area contributed by atoms with Gasteiger partial charge in [0, 0.05) is 15.8 Å². The van der Waals surface area contributed by atoms with Crippen LogP contribution >= 0.6 is 15.9 Å². The van der Waals surface area contributed by atoms with Gasteiger partial charge in [-0.1, -0.05) is 46.3 Å². The number of rotatable bonds is 5. The third-order valence-electron chi connectivity index (χ3n) is 4.26. The molecule has 1 aliphatic heterocycles. The lowest BCUT2D eigenvalue weighted by Crippen LogP contribution is -2.50. The van der Waals surface area contributed by atoms with Crippen LogP contribution in [-0.2, 0) is 11.3 Å². The van der Waals surface area contributed by atoms with Gasteiger partial charge in [-0.2, -0.15) is 0 Å². The van der Waals surface area contributed by atoms with Gasteiger partial charge in [0.1, 0.15) is 6.04 Å². The van der Waals surface area contributed by atoms with Crippen molar-refractivity contribution in [3.63, 3.8) is 0 Å². The van der Waals surface area contributed by atoms with Crippen molar-refractivity contribution in [3.8, 4) is 0 Å². The summed E-state index contributed by atoms with van der Waals surface area (Å²) >= 11 is 3.41. The Labute approximate surface area is 149 Å². The van der Waals surface area contributed by atoms with Gasteiger partial charge < -0.3 is 0 Å². The topological polar surface area (TPSA) is 55.6 Å². The summed E-state index contributed by atoms with van der Waals surface area (Å²) in [5.74, 6) is 0. The van der Waals surface area contributed by atoms with E-state index >= 15 is 0 Å². The Balaban J connectivity index is 1.86. The number of hydrogen-bond acceptors (Lipinski definition) is 4. The van der Waals surface area contributed by atoms with Crippen molar-refractivity contribution in [2.75, 3.05) is 11.7 Å². The van der Waals surface area contributed by atoms with Crippen LogP contribution in [0.2, 0.25) is 0 Å². The highest BCUT2D eigenvalue weighted by molar-refractivity contribution is 9.10. The summed E-state index contributed by atoms with van der Waals surface area (Å²) in [5, 5.41) is 13.5. The van der Waals surface area contributed by atoms with Crippen molar-refractivity contribution < 1.29 is 9.76 Å². The molecule has 6 heteroatoms. The van der Waals surface area contributed by atoms with Crippen molar-refractivity contribution in [2.24, 2.45) is 0 Å². The molecule has 2 aromatic carbocycles. The standard InChI is InChI=1S/C18H19BrN2O3/c19-15-8-10-16(11-9-15)20-17(7-4-12-24-20)18(21(22)23)13-14-5-2-1-3-6-14/h1-3,5-6,8-11,17-18H,4,7,12-13H2/t17-,18?/m1/s1. The van der Waals surface area contributed by atoms with Crippen molar-refractivity contribution in [1.29, 1.82) is 0 Å². The zero-order chi connectivity index (χ0) is 16.9. The molecule has 0 aliphatic carbocycles. The molecule has 1 aliphatic rings. The van der Waals surface area contributed by atoms with Crippen LogP contribution in [0, 0.1) is 10.1 Å². The minimum absolute atomic E-state index is 0.168. The molecule has 3 rings (SSSR count). The third kappa shape index (κ3) is 3.94. The van der Waals surface area contributed by atoms with Gasteiger partial charge >= 0.3 is 0 Å². The fourth-order valence-electron chi connectivity index (χ4n) is 3.08. The first kappa shape index (κ1) is 16.9. The molecular formula is C18H19BrN2O3. The molecule has 0 spiro atoms. The number of benzene rings is 2. The molecule has 2 aromatic rings. The molecule has 1 heterocycles. The van der Waals surface area contributed by atoms with E-state index < -0.39 is 6.04 Å². The number of hydroxylamine groups is 1. The molecule has 0 bridgehead atoms. The number of hydrogen-bond donors (Lipinski definition) is 0. The van der Waals surface area contributed by atoms with Gasteiger partial charge in [0.25, 0.3) is 0 Å². The van der Waals surface area contributed by atoms with Crippen LogP contribution in [0.4, 0.5) is 5.69 Å². The maximum atomic E-state index is 11.7. The predicted molar refractivity (Wildman–Crippen MR) is 96.5 cm³/mol. The minimum Gasteiger partial charge on any atom is -0.273 e. The summed E-state index contributed by atoms with van der Waals surface area (Å²) in [6, 6.07) is 16.3. The van der Waals surface area contributed by atoms with Crippen LogP contribution < -0.4 is 5.06 Å². The van der Waals surface area contributed by atoms with Crippen LogP contribution in [0.1, 0.15) is 18.4 Å². The van der Waals surface area contributed by atoms with Crippen LogP contribution in [0.3, 0.4) is 0 Å². The highest BCUT2D eigenvalue weighted by Crippen LogP contribution is 2.29. The normalized spacial score (nSPS) is 19.0. The summed E-state index contributed by atoms with van der Waals surface area (Å²) in [5.41, 5.74) is 1.82. The summed E-state index contributed by atoms with van der Waals surface area (Å²) < 4.78 is 0.968. The Kier molecular flexibility index (Phi) is 5.48. The molecule has 0 saturated carbocycles. The summed E-state index contributed by atoms with van der Waals surface area (Å²) in [6.07, 6.45) is 1.97. The van der Waals surface area contributed by atoms with Gasteiger partial charge in [0.2, 0.25) is 6.04 Å². The zero-order valence-corrected chi connectivity index (χ0v) is 14.8. The quantitative estimate of drug-likeness (QED) is 0.565. The molecule has 5 nitrogen and oxygen atoms in total. The first-order chi connectivity index (χ1) is 11.6. The lowest BCUT2D eigenvalue weighted by atomic mass is 9.95. The second-order valence-corrected chi connectivity index (χ2v) is 6.80. The Bertz CT molecular complexity index is 678. The van der Waals surface area contributed by atoms with Crippen molar-refractivity contribution in [3.05, 3.63) is 74.7 Å². The summed E-state index contributed by atoms with van der Waals surface area (Å²) in [6.45, 7) is 0.586. The highest BCUT2D eigenvalue weighted by Gasteiger charge is 2.39. The Hall–Kier alpha value is -1.92. The molecule has 1 saturated heterocycles. The van der Waals surface area contributed by atoms with Crippen LogP contribution in [0.15, 0.2) is 59.1 Å². The fraction of sp³-hybridized carbons (Fsp3) is 0.333. The SMILES string of the molecule is O=[N+]([O-])C(Cc1ccccc1)[C@H]1CCCON1c1ccc(Br)cc1. The highest BCUT2D eigenvalue weighted by atomic mass is 79.9. The molecule has 0 radical (unpaired) electrons. The lowest BCUT2D eigenvalue weighted by Gasteiger charge is -2.37. The van der Waals surface area contributed by atoms with Crippen molar-refractivity contribution in [1.82, 2.24) is 0 Å². The minimum atomic E-state index is -0.712. The molecule has 0 aromatic heterocycles. The van der Waals surface area contributed by atoms with Crippen molar-refractivity contribution in [2.45, 2.75) is 31.3 Å². The maximum absolute atomic E-state index is 11.7. The van der Waals surface area contributed by atoms with Gasteiger partial charge in [0.05, 0.1) is 12.3 Å². The zero-order valence-electron chi connectivity index (χ0n) is 13.2. The molecule has 0 N–H and O–H groups in total. The van der Waals surface area contributed by atoms with E-state index in [4.69, 9.17) is 4.84 Å². The number of nitro groups is 1. The van der Waals surface area contributed by atoms with Crippen LogP contribution in [0.5, 0.6) is 0 Å². The van der Waals surface area contributed by atoms with Crippen LogP contribution in [0.25, 0.3) is 0 Å². The lowest BCUT2D eigenvalue weighted by molar-refractivity contribution is -0.527. The number of halogens is 1. The van der Waals surface area contributed by atoms with E-state index in [1.807, 2.05) is 54.6 Å². The Morgan fingerprint density at radius 3 is 2.58 bits per heavy atom. The fourth-order valence-corrected chi connectivity index (χ4v) is 3.34. The third-order valence-corrected chi connectivity index (χ3v) is 4.79. The van der Waals surface area contributed by atoms with Crippen LogP contribution in [-0.4, -0.2) is 23.6 Å². The number of anilines is 1. The van der Waals surface area contributed by atoms with E-state index in [2.05, 4.69) is 15.9 Å². The first-order valence-electron chi connectivity index (χ1n) is 8.00. The maximum Gasteiger partial charge on any atom is 0.239 e. The summed E-state index contributed by atoms with van der Waals surface area (Å²) in [4.78, 5) is 17.4. The molecule has 1 fully saturated rings. The molecule has 2 atom stereocenters.